The molecule has 4 rings (SSSR count). The van der Waals surface area contributed by atoms with Crippen molar-refractivity contribution in [2.45, 2.75) is 45.3 Å². The highest BCUT2D eigenvalue weighted by atomic mass is 16.5. The lowest BCUT2D eigenvalue weighted by molar-refractivity contribution is 0.201. The first-order valence-corrected chi connectivity index (χ1v) is 6.86. The molecule has 1 saturated carbocycles. The van der Waals surface area contributed by atoms with Crippen molar-refractivity contribution < 1.29 is 4.52 Å². The molecule has 0 N–H and O–H groups in total. The first kappa shape index (κ1) is 11.2. The summed E-state index contributed by atoms with van der Waals surface area (Å²) in [6.45, 7) is 5.61. The van der Waals surface area contributed by atoms with Gasteiger partial charge in [-0.25, -0.2) is 0 Å². The van der Waals surface area contributed by atoms with Gasteiger partial charge in [-0.1, -0.05) is 5.16 Å². The lowest BCUT2D eigenvalue weighted by Crippen LogP contribution is -2.34. The largest absolute Gasteiger partial charge is 0.361 e. The Hall–Kier alpha value is -1.69. The summed E-state index contributed by atoms with van der Waals surface area (Å²) in [6.07, 6.45) is 2.56. The molecule has 1 aliphatic heterocycles. The minimum atomic E-state index is 0.672. The summed E-state index contributed by atoms with van der Waals surface area (Å²) in [5.41, 5.74) is 0.993. The maximum atomic E-state index is 5.11. The van der Waals surface area contributed by atoms with Crippen LogP contribution >= 0.6 is 0 Å². The van der Waals surface area contributed by atoms with Crippen molar-refractivity contribution in [3.05, 3.63) is 29.2 Å². The molecule has 19 heavy (non-hydrogen) atoms. The van der Waals surface area contributed by atoms with Crippen LogP contribution in [0.25, 0.3) is 0 Å². The fourth-order valence-corrected chi connectivity index (χ4v) is 2.73. The Morgan fingerprint density at radius 2 is 2.21 bits per heavy atom. The number of aromatic nitrogens is 4. The van der Waals surface area contributed by atoms with Gasteiger partial charge in [0.25, 0.3) is 0 Å². The van der Waals surface area contributed by atoms with Crippen LogP contribution in [0.3, 0.4) is 0 Å². The summed E-state index contributed by atoms with van der Waals surface area (Å²) in [5, 5.41) is 12.7. The summed E-state index contributed by atoms with van der Waals surface area (Å²) in [7, 11) is 0. The molecule has 1 aliphatic carbocycles. The standard InChI is InChI=1S/C13H17N5O/c1-9-6-11(16-19-9)7-17-4-5-18-12(8-17)14-15-13(18)10-2-3-10/h6,10H,2-5,7-8H2,1H3. The van der Waals surface area contributed by atoms with Crippen molar-refractivity contribution >= 4 is 0 Å². The lowest BCUT2D eigenvalue weighted by atomic mass is 10.3. The molecule has 0 spiro atoms. The van der Waals surface area contributed by atoms with Crippen LogP contribution in [0.2, 0.25) is 0 Å². The second-order valence-corrected chi connectivity index (χ2v) is 5.54. The molecule has 0 bridgehead atoms. The third-order valence-electron chi connectivity index (χ3n) is 3.87. The van der Waals surface area contributed by atoms with E-state index in [4.69, 9.17) is 4.52 Å². The zero-order valence-corrected chi connectivity index (χ0v) is 11.0. The topological polar surface area (TPSA) is 60.0 Å². The van der Waals surface area contributed by atoms with Crippen LogP contribution < -0.4 is 0 Å². The van der Waals surface area contributed by atoms with Gasteiger partial charge in [-0.3, -0.25) is 4.90 Å². The molecule has 0 amide bonds. The third-order valence-corrected chi connectivity index (χ3v) is 3.87. The molecule has 1 fully saturated rings. The highest BCUT2D eigenvalue weighted by Crippen LogP contribution is 2.39. The molecule has 2 aliphatic rings. The molecule has 100 valence electrons. The van der Waals surface area contributed by atoms with Gasteiger partial charge in [0.15, 0.2) is 0 Å². The number of hydrogen-bond acceptors (Lipinski definition) is 5. The summed E-state index contributed by atoms with van der Waals surface area (Å²) in [4.78, 5) is 2.35. The highest BCUT2D eigenvalue weighted by Gasteiger charge is 2.32. The quantitative estimate of drug-likeness (QED) is 0.835. The molecule has 0 unspecified atom stereocenters. The summed E-state index contributed by atoms with van der Waals surface area (Å²) < 4.78 is 7.42. The lowest BCUT2D eigenvalue weighted by Gasteiger charge is -2.26. The predicted octanol–water partition coefficient (Wildman–Crippen LogP) is 1.47. The van der Waals surface area contributed by atoms with E-state index in [1.807, 2.05) is 13.0 Å². The molecule has 6 nitrogen and oxygen atoms in total. The van der Waals surface area contributed by atoms with E-state index >= 15 is 0 Å². The van der Waals surface area contributed by atoms with E-state index < -0.39 is 0 Å². The molecule has 0 radical (unpaired) electrons. The van der Waals surface area contributed by atoms with Gasteiger partial charge in [-0.05, 0) is 19.8 Å². The minimum absolute atomic E-state index is 0.672. The van der Waals surface area contributed by atoms with Crippen molar-refractivity contribution in [2.75, 3.05) is 6.54 Å². The van der Waals surface area contributed by atoms with Crippen molar-refractivity contribution in [3.63, 3.8) is 0 Å². The van der Waals surface area contributed by atoms with Crippen LogP contribution in [0.1, 0.15) is 41.9 Å². The Morgan fingerprint density at radius 3 is 2.95 bits per heavy atom. The Morgan fingerprint density at radius 1 is 1.32 bits per heavy atom. The summed E-state index contributed by atoms with van der Waals surface area (Å²) >= 11 is 0. The predicted molar refractivity (Wildman–Crippen MR) is 67.4 cm³/mol. The van der Waals surface area contributed by atoms with Gasteiger partial charge in [0.05, 0.1) is 12.2 Å². The second kappa shape index (κ2) is 4.16. The molecule has 0 saturated heterocycles. The molecular formula is C13H17N5O. The van der Waals surface area contributed by atoms with Crippen molar-refractivity contribution in [2.24, 2.45) is 0 Å². The van der Waals surface area contributed by atoms with Crippen LogP contribution in [-0.2, 0) is 19.6 Å². The van der Waals surface area contributed by atoms with E-state index in [1.165, 1.54) is 18.7 Å². The number of rotatable bonds is 3. The SMILES string of the molecule is Cc1cc(CN2CCn3c(nnc3C3CC3)C2)no1. The van der Waals surface area contributed by atoms with Gasteiger partial charge in [-0.15, -0.1) is 10.2 Å². The minimum Gasteiger partial charge on any atom is -0.361 e. The molecular weight excluding hydrogens is 242 g/mol. The van der Waals surface area contributed by atoms with Crippen LogP contribution in [0.15, 0.2) is 10.6 Å². The Kier molecular flexibility index (Phi) is 2.44. The molecule has 3 heterocycles. The van der Waals surface area contributed by atoms with E-state index in [2.05, 4.69) is 24.8 Å². The molecule has 0 atom stereocenters. The van der Waals surface area contributed by atoms with Crippen LogP contribution in [-0.4, -0.2) is 31.4 Å². The fourth-order valence-electron chi connectivity index (χ4n) is 2.73. The molecule has 2 aromatic heterocycles. The van der Waals surface area contributed by atoms with E-state index in [9.17, 15) is 0 Å². The van der Waals surface area contributed by atoms with E-state index in [1.54, 1.807) is 0 Å². The number of hydrogen-bond donors (Lipinski definition) is 0. The third kappa shape index (κ3) is 2.06. The first-order valence-electron chi connectivity index (χ1n) is 6.86. The average molecular weight is 259 g/mol. The van der Waals surface area contributed by atoms with Gasteiger partial charge >= 0.3 is 0 Å². The van der Waals surface area contributed by atoms with Crippen molar-refractivity contribution in [1.82, 2.24) is 24.8 Å². The van der Waals surface area contributed by atoms with Gasteiger partial charge in [0.1, 0.15) is 17.4 Å². The summed E-state index contributed by atoms with van der Waals surface area (Å²) in [5.74, 6) is 3.83. The van der Waals surface area contributed by atoms with Crippen molar-refractivity contribution in [1.29, 1.82) is 0 Å². The zero-order chi connectivity index (χ0) is 12.8. The monoisotopic (exact) mass is 259 g/mol. The number of aryl methyl sites for hydroxylation is 1. The van der Waals surface area contributed by atoms with E-state index in [-0.39, 0.29) is 0 Å². The van der Waals surface area contributed by atoms with Gasteiger partial charge in [-0.2, -0.15) is 0 Å². The smallest absolute Gasteiger partial charge is 0.147 e. The van der Waals surface area contributed by atoms with Crippen LogP contribution in [0.5, 0.6) is 0 Å². The number of nitrogens with zero attached hydrogens (tertiary/aromatic N) is 5. The highest BCUT2D eigenvalue weighted by molar-refractivity contribution is 5.10. The van der Waals surface area contributed by atoms with Crippen LogP contribution in [0.4, 0.5) is 0 Å². The first-order chi connectivity index (χ1) is 9.29. The second-order valence-electron chi connectivity index (χ2n) is 5.54. The Balaban J connectivity index is 1.49. The summed E-state index contributed by atoms with van der Waals surface area (Å²) in [6, 6.07) is 1.99. The van der Waals surface area contributed by atoms with E-state index in [0.29, 0.717) is 5.92 Å². The van der Waals surface area contributed by atoms with E-state index in [0.717, 1.165) is 43.5 Å². The van der Waals surface area contributed by atoms with Gasteiger partial charge in [0.2, 0.25) is 0 Å². The van der Waals surface area contributed by atoms with Crippen molar-refractivity contribution in [3.8, 4) is 0 Å². The maximum absolute atomic E-state index is 5.11. The fraction of sp³-hybridized carbons (Fsp3) is 0.615. The average Bonchev–Trinajstić information content (AvgIpc) is 3.04. The zero-order valence-electron chi connectivity index (χ0n) is 11.0. The number of fused-ring (bicyclic) bond motifs is 1. The molecule has 2 aromatic rings. The maximum Gasteiger partial charge on any atom is 0.147 e. The van der Waals surface area contributed by atoms with Gasteiger partial charge in [0, 0.05) is 31.6 Å². The van der Waals surface area contributed by atoms with Crippen LogP contribution in [0, 0.1) is 6.92 Å². The molecule has 0 aromatic carbocycles. The Labute approximate surface area is 111 Å². The van der Waals surface area contributed by atoms with Gasteiger partial charge < -0.3 is 9.09 Å². The molecule has 6 heteroatoms. The Bertz CT molecular complexity index is 598. The normalized spacial score (nSPS) is 19.6.